The fraction of sp³-hybridized carbons (Fsp3) is 0.333. The van der Waals surface area contributed by atoms with E-state index in [0.29, 0.717) is 13.2 Å². The molecule has 0 fully saturated rings. The van der Waals surface area contributed by atoms with Gasteiger partial charge < -0.3 is 15.8 Å². The highest BCUT2D eigenvalue weighted by Crippen LogP contribution is 2.22. The van der Waals surface area contributed by atoms with Crippen LogP contribution < -0.4 is 15.8 Å². The summed E-state index contributed by atoms with van der Waals surface area (Å²) in [4.78, 5) is 4.35. The average Bonchev–Trinajstić information content (AvgIpc) is 2.84. The Morgan fingerprint density at radius 3 is 3.06 bits per heavy atom. The molecule has 0 unspecified atom stereocenters. The number of anilines is 2. The van der Waals surface area contributed by atoms with Gasteiger partial charge in [0.2, 0.25) is 5.13 Å². The zero-order chi connectivity index (χ0) is 12.8. The molecular formula is C12H16N4OS. The summed E-state index contributed by atoms with van der Waals surface area (Å²) in [6, 6.07) is 7.71. The van der Waals surface area contributed by atoms with Crippen molar-refractivity contribution < 1.29 is 4.74 Å². The lowest BCUT2D eigenvalue weighted by Crippen LogP contribution is -2.10. The fourth-order valence-corrected chi connectivity index (χ4v) is 2.08. The summed E-state index contributed by atoms with van der Waals surface area (Å²) < 4.78 is 9.69. The molecule has 1 aromatic carbocycles. The topological polar surface area (TPSA) is 73.1 Å². The minimum absolute atomic E-state index is 0.508. The molecule has 0 saturated heterocycles. The molecule has 0 atom stereocenters. The Morgan fingerprint density at radius 1 is 1.44 bits per heavy atom. The van der Waals surface area contributed by atoms with Gasteiger partial charge in [-0.15, -0.1) is 0 Å². The summed E-state index contributed by atoms with van der Waals surface area (Å²) in [6.07, 6.45) is 0.845. The first-order chi connectivity index (χ1) is 8.81. The predicted octanol–water partition coefficient (Wildman–Crippen LogP) is 2.18. The van der Waals surface area contributed by atoms with Crippen molar-refractivity contribution in [1.82, 2.24) is 9.36 Å². The van der Waals surface area contributed by atoms with Gasteiger partial charge in [0.15, 0.2) is 0 Å². The van der Waals surface area contributed by atoms with Gasteiger partial charge in [0.25, 0.3) is 0 Å². The molecule has 0 spiro atoms. The Hall–Kier alpha value is -1.66. The van der Waals surface area contributed by atoms with Gasteiger partial charge in [0, 0.05) is 36.3 Å². The third kappa shape index (κ3) is 3.41. The molecule has 1 aromatic heterocycles. The number of nitrogens with one attached hydrogen (secondary N) is 1. The van der Waals surface area contributed by atoms with Crippen molar-refractivity contribution in [3.05, 3.63) is 30.1 Å². The van der Waals surface area contributed by atoms with Crippen molar-refractivity contribution in [3.8, 4) is 5.75 Å². The number of nitrogens with two attached hydrogens (primary N) is 1. The highest BCUT2D eigenvalue weighted by atomic mass is 32.1. The van der Waals surface area contributed by atoms with E-state index in [-0.39, 0.29) is 0 Å². The van der Waals surface area contributed by atoms with E-state index in [1.165, 1.54) is 11.5 Å². The molecule has 0 aliphatic heterocycles. The first-order valence-electron chi connectivity index (χ1n) is 5.84. The second-order valence-corrected chi connectivity index (χ2v) is 4.41. The first kappa shape index (κ1) is 12.8. The van der Waals surface area contributed by atoms with Gasteiger partial charge in [-0.2, -0.15) is 4.37 Å². The van der Waals surface area contributed by atoms with E-state index in [1.807, 2.05) is 31.2 Å². The van der Waals surface area contributed by atoms with Crippen LogP contribution in [-0.2, 0) is 6.42 Å². The van der Waals surface area contributed by atoms with Crippen molar-refractivity contribution in [2.75, 3.05) is 18.5 Å². The molecule has 96 valence electrons. The number of aryl methyl sites for hydroxylation is 1. The Balaban J connectivity index is 2.04. The predicted molar refractivity (Wildman–Crippen MR) is 73.6 cm³/mol. The van der Waals surface area contributed by atoms with Crippen LogP contribution >= 0.6 is 11.5 Å². The van der Waals surface area contributed by atoms with E-state index >= 15 is 0 Å². The minimum Gasteiger partial charge on any atom is -0.492 e. The fourth-order valence-electron chi connectivity index (χ4n) is 1.41. The molecule has 1 heterocycles. The van der Waals surface area contributed by atoms with Gasteiger partial charge in [-0.25, -0.2) is 4.98 Å². The van der Waals surface area contributed by atoms with E-state index in [2.05, 4.69) is 14.7 Å². The first-order valence-corrected chi connectivity index (χ1v) is 6.61. The van der Waals surface area contributed by atoms with Crippen molar-refractivity contribution in [2.24, 2.45) is 5.73 Å². The van der Waals surface area contributed by atoms with Crippen LogP contribution in [0.3, 0.4) is 0 Å². The largest absolute Gasteiger partial charge is 0.492 e. The van der Waals surface area contributed by atoms with Gasteiger partial charge in [-0.1, -0.05) is 13.0 Å². The third-order valence-electron chi connectivity index (χ3n) is 2.26. The number of benzene rings is 1. The van der Waals surface area contributed by atoms with Crippen LogP contribution in [0.25, 0.3) is 0 Å². The lowest BCUT2D eigenvalue weighted by Gasteiger charge is -2.07. The zero-order valence-corrected chi connectivity index (χ0v) is 11.0. The van der Waals surface area contributed by atoms with Gasteiger partial charge in [-0.05, 0) is 12.1 Å². The Labute approximate surface area is 110 Å². The number of hydrogen-bond acceptors (Lipinski definition) is 6. The number of nitrogens with zero attached hydrogens (tertiary/aromatic N) is 2. The van der Waals surface area contributed by atoms with E-state index < -0.39 is 0 Å². The van der Waals surface area contributed by atoms with Crippen LogP contribution in [0.15, 0.2) is 24.3 Å². The van der Waals surface area contributed by atoms with Crippen LogP contribution in [0, 0.1) is 0 Å². The maximum absolute atomic E-state index is 5.46. The quantitative estimate of drug-likeness (QED) is 0.836. The van der Waals surface area contributed by atoms with E-state index in [4.69, 9.17) is 10.5 Å². The molecule has 0 radical (unpaired) electrons. The Kier molecular flexibility index (Phi) is 4.49. The molecular weight excluding hydrogens is 248 g/mol. The molecule has 2 aromatic rings. The van der Waals surface area contributed by atoms with E-state index in [9.17, 15) is 0 Å². The molecule has 5 nitrogen and oxygen atoms in total. The normalized spacial score (nSPS) is 10.3. The lowest BCUT2D eigenvalue weighted by molar-refractivity contribution is 0.328. The maximum atomic E-state index is 5.46. The van der Waals surface area contributed by atoms with Gasteiger partial charge in [0.05, 0.1) is 0 Å². The van der Waals surface area contributed by atoms with Crippen molar-refractivity contribution >= 4 is 22.4 Å². The lowest BCUT2D eigenvalue weighted by atomic mass is 10.3. The second kappa shape index (κ2) is 6.32. The number of ether oxygens (including phenoxy) is 1. The SMILES string of the molecule is CCc1nsc(Nc2cccc(OCCN)c2)n1. The second-order valence-electron chi connectivity index (χ2n) is 3.66. The van der Waals surface area contributed by atoms with Crippen molar-refractivity contribution in [2.45, 2.75) is 13.3 Å². The molecule has 0 aliphatic carbocycles. The molecule has 0 saturated carbocycles. The number of hydrogen-bond donors (Lipinski definition) is 2. The van der Waals surface area contributed by atoms with Gasteiger partial charge >= 0.3 is 0 Å². The van der Waals surface area contributed by atoms with Crippen molar-refractivity contribution in [3.63, 3.8) is 0 Å². The van der Waals surface area contributed by atoms with E-state index in [1.54, 1.807) is 0 Å². The van der Waals surface area contributed by atoms with Crippen LogP contribution in [0.1, 0.15) is 12.7 Å². The summed E-state index contributed by atoms with van der Waals surface area (Å²) in [5.41, 5.74) is 6.33. The standard InChI is InChI=1S/C12H16N4OS/c1-2-11-15-12(18-16-11)14-9-4-3-5-10(8-9)17-7-6-13/h3-5,8H,2,6-7,13H2,1H3,(H,14,15,16). The van der Waals surface area contributed by atoms with Crippen LogP contribution in [0.2, 0.25) is 0 Å². The highest BCUT2D eigenvalue weighted by Gasteiger charge is 2.03. The Morgan fingerprint density at radius 2 is 2.33 bits per heavy atom. The summed E-state index contributed by atoms with van der Waals surface area (Å²) in [5.74, 6) is 1.66. The zero-order valence-electron chi connectivity index (χ0n) is 10.2. The van der Waals surface area contributed by atoms with Crippen LogP contribution in [0.5, 0.6) is 5.75 Å². The molecule has 2 rings (SSSR count). The summed E-state index contributed by atoms with van der Waals surface area (Å²) in [7, 11) is 0. The molecule has 0 amide bonds. The molecule has 18 heavy (non-hydrogen) atoms. The van der Waals surface area contributed by atoms with Crippen LogP contribution in [0.4, 0.5) is 10.8 Å². The molecule has 3 N–H and O–H groups in total. The minimum atomic E-state index is 0.508. The third-order valence-corrected chi connectivity index (χ3v) is 2.92. The maximum Gasteiger partial charge on any atom is 0.207 e. The monoisotopic (exact) mass is 264 g/mol. The molecule has 0 bridgehead atoms. The van der Waals surface area contributed by atoms with Crippen LogP contribution in [-0.4, -0.2) is 22.5 Å². The smallest absolute Gasteiger partial charge is 0.207 e. The van der Waals surface area contributed by atoms with Crippen molar-refractivity contribution in [1.29, 1.82) is 0 Å². The highest BCUT2D eigenvalue weighted by molar-refractivity contribution is 7.09. The summed E-state index contributed by atoms with van der Waals surface area (Å²) in [5, 5.41) is 4.00. The summed E-state index contributed by atoms with van der Waals surface area (Å²) >= 11 is 1.36. The number of rotatable bonds is 6. The van der Waals surface area contributed by atoms with Gasteiger partial charge in [0.1, 0.15) is 18.2 Å². The average molecular weight is 264 g/mol. The Bertz CT molecular complexity index is 500. The molecule has 6 heteroatoms. The van der Waals surface area contributed by atoms with E-state index in [0.717, 1.165) is 28.8 Å². The molecule has 0 aliphatic rings. The van der Waals surface area contributed by atoms with Gasteiger partial charge in [-0.3, -0.25) is 0 Å². The number of aromatic nitrogens is 2. The summed E-state index contributed by atoms with van der Waals surface area (Å²) in [6.45, 7) is 3.06.